The summed E-state index contributed by atoms with van der Waals surface area (Å²) in [4.78, 5) is -0.249. The van der Waals surface area contributed by atoms with Crippen LogP contribution in [0.15, 0.2) is 23.1 Å². The molecular weight excluding hydrogens is 315 g/mol. The SMILES string of the molecule is Cc1cccc(F)c1S(=O)(=O)N(C)CCC(N)C(C)C.Cl. The highest BCUT2D eigenvalue weighted by Gasteiger charge is 2.26. The minimum absolute atomic E-state index is 0. The number of halogens is 2. The number of hydrogen-bond acceptors (Lipinski definition) is 3. The first-order chi connectivity index (χ1) is 9.17. The van der Waals surface area contributed by atoms with Crippen LogP contribution in [-0.4, -0.2) is 32.4 Å². The Balaban J connectivity index is 0.00000400. The molecule has 1 atom stereocenters. The lowest BCUT2D eigenvalue weighted by Crippen LogP contribution is -2.35. The third-order valence-corrected chi connectivity index (χ3v) is 5.50. The lowest BCUT2D eigenvalue weighted by molar-refractivity contribution is 0.395. The van der Waals surface area contributed by atoms with Crippen molar-refractivity contribution >= 4 is 22.4 Å². The maximum Gasteiger partial charge on any atom is 0.245 e. The highest BCUT2D eigenvalue weighted by atomic mass is 35.5. The van der Waals surface area contributed by atoms with Gasteiger partial charge in [0.15, 0.2) is 0 Å². The fourth-order valence-electron chi connectivity index (χ4n) is 1.88. The lowest BCUT2D eigenvalue weighted by atomic mass is 10.0. The van der Waals surface area contributed by atoms with Crippen LogP contribution in [-0.2, 0) is 10.0 Å². The largest absolute Gasteiger partial charge is 0.327 e. The Bertz CT molecular complexity index is 544. The van der Waals surface area contributed by atoms with Gasteiger partial charge in [-0.2, -0.15) is 0 Å². The van der Waals surface area contributed by atoms with Crippen molar-refractivity contribution < 1.29 is 12.8 Å². The molecule has 1 aromatic carbocycles. The molecule has 0 heterocycles. The second-order valence-corrected chi connectivity index (χ2v) is 7.39. The number of nitrogens with two attached hydrogens (primary N) is 1. The minimum Gasteiger partial charge on any atom is -0.327 e. The van der Waals surface area contributed by atoms with Crippen LogP contribution in [0.2, 0.25) is 0 Å². The summed E-state index contributed by atoms with van der Waals surface area (Å²) in [6.45, 7) is 5.83. The first-order valence-electron chi connectivity index (χ1n) is 6.65. The van der Waals surface area contributed by atoms with Gasteiger partial charge in [0.1, 0.15) is 10.7 Å². The van der Waals surface area contributed by atoms with Gasteiger partial charge in [-0.25, -0.2) is 17.1 Å². The van der Waals surface area contributed by atoms with Crippen molar-refractivity contribution in [2.75, 3.05) is 13.6 Å². The Kier molecular flexibility index (Phi) is 7.81. The zero-order chi connectivity index (χ0) is 15.5. The van der Waals surface area contributed by atoms with E-state index in [2.05, 4.69) is 0 Å². The number of hydrogen-bond donors (Lipinski definition) is 1. The van der Waals surface area contributed by atoms with Crippen LogP contribution in [0.3, 0.4) is 0 Å². The van der Waals surface area contributed by atoms with Gasteiger partial charge in [0.2, 0.25) is 10.0 Å². The van der Waals surface area contributed by atoms with E-state index in [1.54, 1.807) is 13.0 Å². The van der Waals surface area contributed by atoms with Crippen molar-refractivity contribution in [3.63, 3.8) is 0 Å². The van der Waals surface area contributed by atoms with Crippen molar-refractivity contribution in [3.05, 3.63) is 29.6 Å². The average molecular weight is 339 g/mol. The molecule has 0 aliphatic carbocycles. The third kappa shape index (κ3) is 4.92. The van der Waals surface area contributed by atoms with Crippen molar-refractivity contribution in [1.29, 1.82) is 0 Å². The molecule has 1 aromatic rings. The molecule has 4 nitrogen and oxygen atoms in total. The highest BCUT2D eigenvalue weighted by molar-refractivity contribution is 7.89. The summed E-state index contributed by atoms with van der Waals surface area (Å²) in [5.74, 6) is -0.439. The van der Waals surface area contributed by atoms with E-state index in [4.69, 9.17) is 5.73 Å². The molecule has 122 valence electrons. The van der Waals surface area contributed by atoms with E-state index in [1.165, 1.54) is 17.4 Å². The molecule has 0 spiro atoms. The van der Waals surface area contributed by atoms with E-state index in [0.29, 0.717) is 12.0 Å². The van der Waals surface area contributed by atoms with Gasteiger partial charge in [-0.3, -0.25) is 0 Å². The fraction of sp³-hybridized carbons (Fsp3) is 0.571. The molecule has 7 heteroatoms. The molecule has 0 fully saturated rings. The molecule has 0 amide bonds. The summed E-state index contributed by atoms with van der Waals surface area (Å²) in [7, 11) is -2.37. The van der Waals surface area contributed by atoms with Gasteiger partial charge >= 0.3 is 0 Å². The maximum absolute atomic E-state index is 13.8. The zero-order valence-electron chi connectivity index (χ0n) is 12.8. The van der Waals surface area contributed by atoms with Gasteiger partial charge < -0.3 is 5.73 Å². The van der Waals surface area contributed by atoms with E-state index in [0.717, 1.165) is 6.07 Å². The second kappa shape index (κ2) is 8.08. The van der Waals surface area contributed by atoms with Gasteiger partial charge in [-0.1, -0.05) is 26.0 Å². The molecular formula is C14H24ClFN2O2S. The van der Waals surface area contributed by atoms with E-state index >= 15 is 0 Å². The molecule has 0 saturated heterocycles. The second-order valence-electron chi connectivity index (χ2n) is 5.41. The molecule has 0 aliphatic heterocycles. The molecule has 0 radical (unpaired) electrons. The van der Waals surface area contributed by atoms with Gasteiger partial charge in [0.05, 0.1) is 0 Å². The summed E-state index contributed by atoms with van der Waals surface area (Å²) >= 11 is 0. The predicted molar refractivity (Wildman–Crippen MR) is 85.6 cm³/mol. The van der Waals surface area contributed by atoms with E-state index < -0.39 is 15.8 Å². The summed E-state index contributed by atoms with van der Waals surface area (Å²) in [6.07, 6.45) is 0.543. The quantitative estimate of drug-likeness (QED) is 0.867. The van der Waals surface area contributed by atoms with Crippen LogP contribution in [0.4, 0.5) is 4.39 Å². The lowest BCUT2D eigenvalue weighted by Gasteiger charge is -2.22. The Morgan fingerprint density at radius 2 is 1.90 bits per heavy atom. The average Bonchev–Trinajstić information content (AvgIpc) is 2.34. The molecule has 21 heavy (non-hydrogen) atoms. The number of benzene rings is 1. The maximum atomic E-state index is 13.8. The molecule has 1 unspecified atom stereocenters. The smallest absolute Gasteiger partial charge is 0.245 e. The Morgan fingerprint density at radius 1 is 1.33 bits per heavy atom. The van der Waals surface area contributed by atoms with Gasteiger partial charge in [0, 0.05) is 19.6 Å². The van der Waals surface area contributed by atoms with Crippen molar-refractivity contribution in [2.24, 2.45) is 11.7 Å². The Hall–Kier alpha value is -0.690. The highest BCUT2D eigenvalue weighted by Crippen LogP contribution is 2.22. The standard InChI is InChI=1S/C14H23FN2O2S.ClH/c1-10(2)13(16)8-9-17(4)20(18,19)14-11(3)6-5-7-12(14)15;/h5-7,10,13H,8-9,16H2,1-4H3;1H. The topological polar surface area (TPSA) is 63.4 Å². The first-order valence-corrected chi connectivity index (χ1v) is 8.09. The monoisotopic (exact) mass is 338 g/mol. The summed E-state index contributed by atoms with van der Waals surface area (Å²) in [5, 5.41) is 0. The van der Waals surface area contributed by atoms with Crippen LogP contribution in [0, 0.1) is 18.7 Å². The Labute approximate surface area is 133 Å². The molecule has 1 rings (SSSR count). The summed E-state index contributed by atoms with van der Waals surface area (Å²) in [6, 6.07) is 4.17. The molecule has 0 saturated carbocycles. The third-order valence-electron chi connectivity index (χ3n) is 3.47. The number of rotatable bonds is 6. The van der Waals surface area contributed by atoms with Crippen molar-refractivity contribution in [2.45, 2.75) is 38.1 Å². The molecule has 0 aliphatic rings. The number of aryl methyl sites for hydroxylation is 1. The predicted octanol–water partition coefficient (Wildman–Crippen LogP) is 2.55. The van der Waals surface area contributed by atoms with Crippen LogP contribution in [0.25, 0.3) is 0 Å². The summed E-state index contributed by atoms with van der Waals surface area (Å²) < 4.78 is 39.8. The molecule has 0 aromatic heterocycles. The van der Waals surface area contributed by atoms with Crippen LogP contribution < -0.4 is 5.73 Å². The minimum atomic E-state index is -3.82. The van der Waals surface area contributed by atoms with Crippen LogP contribution >= 0.6 is 12.4 Å². The van der Waals surface area contributed by atoms with Crippen molar-refractivity contribution in [3.8, 4) is 0 Å². The molecule has 0 bridgehead atoms. The molecule has 2 N–H and O–H groups in total. The summed E-state index contributed by atoms with van der Waals surface area (Å²) in [5.41, 5.74) is 6.32. The normalized spacial score (nSPS) is 13.3. The Morgan fingerprint density at radius 3 is 2.38 bits per heavy atom. The van der Waals surface area contributed by atoms with Crippen molar-refractivity contribution in [1.82, 2.24) is 4.31 Å². The van der Waals surface area contributed by atoms with Crippen LogP contribution in [0.1, 0.15) is 25.8 Å². The van der Waals surface area contributed by atoms with Gasteiger partial charge in [-0.05, 0) is 30.9 Å². The van der Waals surface area contributed by atoms with E-state index in [1.807, 2.05) is 13.8 Å². The van der Waals surface area contributed by atoms with E-state index in [9.17, 15) is 12.8 Å². The van der Waals surface area contributed by atoms with Crippen LogP contribution in [0.5, 0.6) is 0 Å². The van der Waals surface area contributed by atoms with Gasteiger partial charge in [-0.15, -0.1) is 12.4 Å². The fourth-order valence-corrected chi connectivity index (χ4v) is 3.33. The van der Waals surface area contributed by atoms with Gasteiger partial charge in [0.25, 0.3) is 0 Å². The zero-order valence-corrected chi connectivity index (χ0v) is 14.5. The van der Waals surface area contributed by atoms with E-state index in [-0.39, 0.29) is 35.8 Å². The number of nitrogens with zero attached hydrogens (tertiary/aromatic N) is 1. The number of sulfonamides is 1. The first kappa shape index (κ1) is 20.3.